The first-order chi connectivity index (χ1) is 14.3. The molecule has 9 heteroatoms. The molecule has 154 valence electrons. The third kappa shape index (κ3) is 5.85. The van der Waals surface area contributed by atoms with Crippen LogP contribution < -0.4 is 10.0 Å². The quantitative estimate of drug-likeness (QED) is 0.456. The fourth-order valence-corrected chi connectivity index (χ4v) is 4.25. The van der Waals surface area contributed by atoms with Crippen LogP contribution in [-0.4, -0.2) is 31.2 Å². The van der Waals surface area contributed by atoms with Crippen molar-refractivity contribution in [2.24, 2.45) is 0 Å². The van der Waals surface area contributed by atoms with Crippen molar-refractivity contribution < 1.29 is 23.1 Å². The van der Waals surface area contributed by atoms with Crippen LogP contribution in [0.5, 0.6) is 0 Å². The lowest BCUT2D eigenvalue weighted by Crippen LogP contribution is -2.14. The van der Waals surface area contributed by atoms with Gasteiger partial charge in [-0.3, -0.25) is 9.52 Å². The number of carbonyl (C=O) groups excluding carboxylic acids is 1. The first-order valence-corrected chi connectivity index (χ1v) is 11.2. The molecule has 0 atom stereocenters. The highest BCUT2D eigenvalue weighted by molar-refractivity contribution is 8.00. The summed E-state index contributed by atoms with van der Waals surface area (Å²) in [6.07, 6.45) is 0. The fraction of sp³-hybridized carbons (Fsp3) is 0.0476. The third-order valence-electron chi connectivity index (χ3n) is 3.95. The van der Waals surface area contributed by atoms with Crippen molar-refractivity contribution in [2.75, 3.05) is 15.8 Å². The molecule has 30 heavy (non-hydrogen) atoms. The number of carboxylic acids is 1. The second-order valence-corrected chi connectivity index (χ2v) is 8.89. The van der Waals surface area contributed by atoms with Crippen LogP contribution in [0, 0.1) is 0 Å². The molecule has 3 aromatic carbocycles. The zero-order chi connectivity index (χ0) is 21.6. The number of aromatic carboxylic acids is 1. The fourth-order valence-electron chi connectivity index (χ4n) is 2.48. The van der Waals surface area contributed by atoms with Crippen molar-refractivity contribution in [1.29, 1.82) is 0 Å². The van der Waals surface area contributed by atoms with Gasteiger partial charge in [-0.05, 0) is 60.7 Å². The van der Waals surface area contributed by atoms with Crippen LogP contribution in [0.4, 0.5) is 11.4 Å². The Bertz CT molecular complexity index is 1130. The molecule has 0 unspecified atom stereocenters. The molecule has 0 aliphatic rings. The average Bonchev–Trinajstić information content (AvgIpc) is 2.74. The molecule has 3 rings (SSSR count). The van der Waals surface area contributed by atoms with Gasteiger partial charge in [0.15, 0.2) is 0 Å². The van der Waals surface area contributed by atoms with Crippen LogP contribution in [-0.2, 0) is 14.8 Å². The number of thioether (sulfide) groups is 1. The zero-order valence-electron chi connectivity index (χ0n) is 15.6. The maximum absolute atomic E-state index is 12.3. The lowest BCUT2D eigenvalue weighted by molar-refractivity contribution is -0.113. The molecule has 0 radical (unpaired) electrons. The molecule has 7 nitrogen and oxygen atoms in total. The Labute approximate surface area is 178 Å². The van der Waals surface area contributed by atoms with Crippen molar-refractivity contribution in [3.05, 3.63) is 84.4 Å². The van der Waals surface area contributed by atoms with E-state index in [1.807, 2.05) is 0 Å². The summed E-state index contributed by atoms with van der Waals surface area (Å²) in [6.45, 7) is 0. The number of hydrogen-bond acceptors (Lipinski definition) is 5. The van der Waals surface area contributed by atoms with Crippen molar-refractivity contribution in [3.8, 4) is 0 Å². The minimum Gasteiger partial charge on any atom is -0.478 e. The van der Waals surface area contributed by atoms with E-state index in [1.54, 1.807) is 42.5 Å². The third-order valence-corrected chi connectivity index (χ3v) is 6.35. The second kappa shape index (κ2) is 9.47. The summed E-state index contributed by atoms with van der Waals surface area (Å²) < 4.78 is 27.2. The van der Waals surface area contributed by atoms with Crippen LogP contribution in [0.25, 0.3) is 0 Å². The lowest BCUT2D eigenvalue weighted by atomic mass is 10.2. The van der Waals surface area contributed by atoms with Gasteiger partial charge in [-0.1, -0.05) is 18.2 Å². The largest absolute Gasteiger partial charge is 0.478 e. The van der Waals surface area contributed by atoms with Crippen molar-refractivity contribution in [1.82, 2.24) is 0 Å². The Morgan fingerprint density at radius 1 is 0.833 bits per heavy atom. The van der Waals surface area contributed by atoms with E-state index >= 15 is 0 Å². The molecule has 0 bridgehead atoms. The molecular formula is C21H18N2O5S2. The standard InChI is InChI=1S/C21H18N2O5S2/c24-20(22-16-8-6-15(7-9-16)21(25)26)14-29-18-12-10-17(11-13-18)23-30(27,28)19-4-2-1-3-5-19/h1-13,23H,14H2,(H,22,24)(H,25,26). The highest BCUT2D eigenvalue weighted by atomic mass is 32.2. The molecule has 3 N–H and O–H groups in total. The summed E-state index contributed by atoms with van der Waals surface area (Å²) >= 11 is 1.30. The number of rotatable bonds is 8. The maximum Gasteiger partial charge on any atom is 0.335 e. The first kappa shape index (κ1) is 21.4. The maximum atomic E-state index is 12.3. The van der Waals surface area contributed by atoms with Crippen LogP contribution >= 0.6 is 11.8 Å². The van der Waals surface area contributed by atoms with Gasteiger partial charge in [0.05, 0.1) is 16.2 Å². The van der Waals surface area contributed by atoms with Gasteiger partial charge < -0.3 is 10.4 Å². The normalized spacial score (nSPS) is 10.9. The van der Waals surface area contributed by atoms with E-state index in [2.05, 4.69) is 10.0 Å². The predicted molar refractivity (Wildman–Crippen MR) is 116 cm³/mol. The molecule has 0 fully saturated rings. The highest BCUT2D eigenvalue weighted by Crippen LogP contribution is 2.22. The molecule has 0 aliphatic carbocycles. The van der Waals surface area contributed by atoms with Gasteiger partial charge in [0.1, 0.15) is 0 Å². The Hall–Kier alpha value is -3.30. The molecule has 0 aromatic heterocycles. The smallest absolute Gasteiger partial charge is 0.335 e. The summed E-state index contributed by atoms with van der Waals surface area (Å²) in [4.78, 5) is 23.9. The van der Waals surface area contributed by atoms with Crippen LogP contribution in [0.2, 0.25) is 0 Å². The minimum atomic E-state index is -3.65. The summed E-state index contributed by atoms with van der Waals surface area (Å²) in [5.74, 6) is -1.12. The van der Waals surface area contributed by atoms with Gasteiger partial charge in [0.25, 0.3) is 10.0 Å². The van der Waals surface area contributed by atoms with Gasteiger partial charge in [-0.25, -0.2) is 13.2 Å². The van der Waals surface area contributed by atoms with Gasteiger partial charge in [0, 0.05) is 16.3 Å². The monoisotopic (exact) mass is 442 g/mol. The number of nitrogens with one attached hydrogen (secondary N) is 2. The molecule has 0 heterocycles. The summed E-state index contributed by atoms with van der Waals surface area (Å²) in [5.41, 5.74) is 1.08. The Morgan fingerprint density at radius 2 is 1.43 bits per heavy atom. The van der Waals surface area contributed by atoms with E-state index in [-0.39, 0.29) is 22.1 Å². The Morgan fingerprint density at radius 3 is 2.03 bits per heavy atom. The van der Waals surface area contributed by atoms with Crippen LogP contribution in [0.1, 0.15) is 10.4 Å². The highest BCUT2D eigenvalue weighted by Gasteiger charge is 2.13. The molecule has 0 saturated carbocycles. The molecule has 0 saturated heterocycles. The number of sulfonamides is 1. The SMILES string of the molecule is O=C(CSc1ccc(NS(=O)(=O)c2ccccc2)cc1)Nc1ccc(C(=O)O)cc1. The number of carbonyl (C=O) groups is 2. The number of benzene rings is 3. The molecule has 0 aliphatic heterocycles. The lowest BCUT2D eigenvalue weighted by Gasteiger charge is -2.09. The van der Waals surface area contributed by atoms with Crippen molar-refractivity contribution in [3.63, 3.8) is 0 Å². The van der Waals surface area contributed by atoms with E-state index in [1.165, 1.54) is 48.2 Å². The summed E-state index contributed by atoms with van der Waals surface area (Å²) in [5, 5.41) is 11.6. The number of amides is 1. The molecule has 1 amide bonds. The van der Waals surface area contributed by atoms with E-state index < -0.39 is 16.0 Å². The number of anilines is 2. The van der Waals surface area contributed by atoms with E-state index in [9.17, 15) is 18.0 Å². The van der Waals surface area contributed by atoms with Gasteiger partial charge in [-0.15, -0.1) is 11.8 Å². The minimum absolute atomic E-state index is 0.144. The summed E-state index contributed by atoms with van der Waals surface area (Å²) in [6, 6.07) is 20.7. The van der Waals surface area contributed by atoms with E-state index in [4.69, 9.17) is 5.11 Å². The Kier molecular flexibility index (Phi) is 6.76. The predicted octanol–water partition coefficient (Wildman–Crippen LogP) is 3.92. The van der Waals surface area contributed by atoms with Gasteiger partial charge in [0.2, 0.25) is 5.91 Å². The van der Waals surface area contributed by atoms with Crippen molar-refractivity contribution >= 4 is 45.0 Å². The Balaban J connectivity index is 1.53. The van der Waals surface area contributed by atoms with Gasteiger partial charge in [-0.2, -0.15) is 0 Å². The van der Waals surface area contributed by atoms with Crippen LogP contribution in [0.15, 0.2) is 88.7 Å². The number of hydrogen-bond donors (Lipinski definition) is 3. The average molecular weight is 443 g/mol. The van der Waals surface area contributed by atoms with Crippen molar-refractivity contribution in [2.45, 2.75) is 9.79 Å². The topological polar surface area (TPSA) is 113 Å². The zero-order valence-corrected chi connectivity index (χ0v) is 17.2. The summed E-state index contributed by atoms with van der Waals surface area (Å²) in [7, 11) is -3.65. The first-order valence-electron chi connectivity index (χ1n) is 8.77. The second-order valence-electron chi connectivity index (χ2n) is 6.16. The van der Waals surface area contributed by atoms with E-state index in [0.717, 1.165) is 4.90 Å². The number of carboxylic acid groups (broad SMARTS) is 1. The molecule has 3 aromatic rings. The van der Waals surface area contributed by atoms with Gasteiger partial charge >= 0.3 is 5.97 Å². The molecule has 0 spiro atoms. The van der Waals surface area contributed by atoms with E-state index in [0.29, 0.717) is 11.4 Å². The van der Waals surface area contributed by atoms with Crippen LogP contribution in [0.3, 0.4) is 0 Å². The molecular weight excluding hydrogens is 424 g/mol.